The Morgan fingerprint density at radius 2 is 1.90 bits per heavy atom. The number of hydrogen-bond donors (Lipinski definition) is 0. The minimum Gasteiger partial charge on any atom is -0.494 e. The van der Waals surface area contributed by atoms with Crippen molar-refractivity contribution in [2.24, 2.45) is 0 Å². The van der Waals surface area contributed by atoms with Gasteiger partial charge in [-0.15, -0.1) is 5.10 Å². The maximum Gasteiger partial charge on any atom is 0.267 e. The van der Waals surface area contributed by atoms with Crippen molar-refractivity contribution in [3.8, 4) is 17.0 Å². The van der Waals surface area contributed by atoms with Crippen molar-refractivity contribution in [2.75, 3.05) is 37.7 Å². The third-order valence-corrected chi connectivity index (χ3v) is 5.67. The predicted molar refractivity (Wildman–Crippen MR) is 111 cm³/mol. The molecule has 4 rings (SSSR count). The molecule has 0 spiro atoms. The van der Waals surface area contributed by atoms with E-state index in [1.807, 2.05) is 49.1 Å². The van der Waals surface area contributed by atoms with Crippen LogP contribution in [0.25, 0.3) is 11.3 Å². The minimum atomic E-state index is 0.00918. The Morgan fingerprint density at radius 3 is 2.55 bits per heavy atom. The topological polar surface area (TPSA) is 84.3 Å². The molecule has 1 aromatic carbocycles. The molecular formula is C20H22N6O2S. The van der Waals surface area contributed by atoms with Gasteiger partial charge in [0.25, 0.3) is 5.91 Å². The first-order valence-corrected chi connectivity index (χ1v) is 10.3. The van der Waals surface area contributed by atoms with Crippen LogP contribution in [0.5, 0.6) is 5.75 Å². The number of piperazine rings is 1. The minimum absolute atomic E-state index is 0.00918. The van der Waals surface area contributed by atoms with E-state index in [1.54, 1.807) is 6.33 Å². The molecule has 2 aromatic heterocycles. The molecule has 150 valence electrons. The zero-order valence-electron chi connectivity index (χ0n) is 16.4. The average molecular weight is 411 g/mol. The van der Waals surface area contributed by atoms with E-state index >= 15 is 0 Å². The summed E-state index contributed by atoms with van der Waals surface area (Å²) in [5, 5.41) is 3.94. The van der Waals surface area contributed by atoms with Crippen molar-refractivity contribution >= 4 is 23.3 Å². The van der Waals surface area contributed by atoms with Gasteiger partial charge < -0.3 is 14.5 Å². The average Bonchev–Trinajstić information content (AvgIpc) is 3.20. The largest absolute Gasteiger partial charge is 0.494 e. The lowest BCUT2D eigenvalue weighted by atomic mass is 10.1. The van der Waals surface area contributed by atoms with Crippen LogP contribution in [0.3, 0.4) is 0 Å². The fraction of sp³-hybridized carbons (Fsp3) is 0.350. The van der Waals surface area contributed by atoms with Crippen LogP contribution in [0.4, 0.5) is 5.82 Å². The SMILES string of the molecule is CCOc1ccc(-c2cc(N3CCN(C(=O)c4snnc4C)CC3)ncn2)cc1. The molecule has 29 heavy (non-hydrogen) atoms. The van der Waals surface area contributed by atoms with Crippen LogP contribution in [-0.2, 0) is 0 Å². The number of rotatable bonds is 5. The first-order valence-electron chi connectivity index (χ1n) is 9.54. The smallest absolute Gasteiger partial charge is 0.267 e. The zero-order chi connectivity index (χ0) is 20.2. The molecule has 0 atom stereocenters. The molecule has 1 fully saturated rings. The van der Waals surface area contributed by atoms with Gasteiger partial charge in [-0.1, -0.05) is 4.49 Å². The van der Waals surface area contributed by atoms with Crippen molar-refractivity contribution in [2.45, 2.75) is 13.8 Å². The summed E-state index contributed by atoms with van der Waals surface area (Å²) in [4.78, 5) is 26.1. The third-order valence-electron chi connectivity index (χ3n) is 4.85. The number of aryl methyl sites for hydroxylation is 1. The highest BCUT2D eigenvalue weighted by Crippen LogP contribution is 2.24. The summed E-state index contributed by atoms with van der Waals surface area (Å²) in [5.74, 6) is 1.72. The van der Waals surface area contributed by atoms with Gasteiger partial charge in [0.15, 0.2) is 0 Å². The lowest BCUT2D eigenvalue weighted by molar-refractivity contribution is 0.0750. The van der Waals surface area contributed by atoms with Crippen molar-refractivity contribution < 1.29 is 9.53 Å². The molecule has 3 heterocycles. The highest BCUT2D eigenvalue weighted by atomic mass is 32.1. The number of anilines is 1. The number of carbonyl (C=O) groups is 1. The number of carbonyl (C=O) groups excluding carboxylic acids is 1. The monoisotopic (exact) mass is 410 g/mol. The number of aromatic nitrogens is 4. The van der Waals surface area contributed by atoms with Gasteiger partial charge in [-0.2, -0.15) is 0 Å². The fourth-order valence-corrected chi connectivity index (χ4v) is 3.90. The van der Waals surface area contributed by atoms with Crippen molar-refractivity contribution in [3.05, 3.63) is 47.2 Å². The van der Waals surface area contributed by atoms with E-state index < -0.39 is 0 Å². The lowest BCUT2D eigenvalue weighted by Gasteiger charge is -2.35. The van der Waals surface area contributed by atoms with E-state index in [9.17, 15) is 4.79 Å². The van der Waals surface area contributed by atoms with Crippen molar-refractivity contribution in [3.63, 3.8) is 0 Å². The molecule has 1 saturated heterocycles. The molecule has 0 radical (unpaired) electrons. The van der Waals surface area contributed by atoms with E-state index in [0.717, 1.165) is 47.4 Å². The Balaban J connectivity index is 1.43. The zero-order valence-corrected chi connectivity index (χ0v) is 17.2. The molecule has 0 bridgehead atoms. The summed E-state index contributed by atoms with van der Waals surface area (Å²) < 4.78 is 9.36. The van der Waals surface area contributed by atoms with Gasteiger partial charge in [-0.25, -0.2) is 9.97 Å². The number of benzene rings is 1. The summed E-state index contributed by atoms with van der Waals surface area (Å²) in [6.07, 6.45) is 1.59. The van der Waals surface area contributed by atoms with Crippen molar-refractivity contribution in [1.82, 2.24) is 24.5 Å². The summed E-state index contributed by atoms with van der Waals surface area (Å²) in [5.41, 5.74) is 2.57. The highest BCUT2D eigenvalue weighted by Gasteiger charge is 2.25. The van der Waals surface area contributed by atoms with E-state index in [0.29, 0.717) is 30.3 Å². The number of ether oxygens (including phenoxy) is 1. The van der Waals surface area contributed by atoms with Crippen molar-refractivity contribution in [1.29, 1.82) is 0 Å². The molecule has 3 aromatic rings. The number of hydrogen-bond acceptors (Lipinski definition) is 8. The van der Waals surface area contributed by atoms with Gasteiger partial charge in [-0.3, -0.25) is 4.79 Å². The van der Waals surface area contributed by atoms with E-state index in [-0.39, 0.29) is 5.91 Å². The van der Waals surface area contributed by atoms with Gasteiger partial charge in [-0.05, 0) is 49.6 Å². The normalized spacial score (nSPS) is 14.1. The molecule has 1 amide bonds. The quantitative estimate of drug-likeness (QED) is 0.639. The second-order valence-corrected chi connectivity index (χ2v) is 7.44. The Hall–Kier alpha value is -3.07. The van der Waals surface area contributed by atoms with Crippen LogP contribution in [-0.4, -0.2) is 63.1 Å². The van der Waals surface area contributed by atoms with Crippen LogP contribution in [0.2, 0.25) is 0 Å². The summed E-state index contributed by atoms with van der Waals surface area (Å²) >= 11 is 1.16. The highest BCUT2D eigenvalue weighted by molar-refractivity contribution is 7.07. The molecule has 0 N–H and O–H groups in total. The Morgan fingerprint density at radius 1 is 1.14 bits per heavy atom. The van der Waals surface area contributed by atoms with Crippen LogP contribution >= 0.6 is 11.5 Å². The van der Waals surface area contributed by atoms with Crippen LogP contribution in [0.15, 0.2) is 36.7 Å². The van der Waals surface area contributed by atoms with E-state index in [4.69, 9.17) is 4.74 Å². The second-order valence-electron chi connectivity index (χ2n) is 6.69. The maximum atomic E-state index is 12.6. The van der Waals surface area contributed by atoms with Crippen LogP contribution in [0, 0.1) is 6.92 Å². The van der Waals surface area contributed by atoms with E-state index in [1.165, 1.54) is 0 Å². The van der Waals surface area contributed by atoms with Crippen LogP contribution in [0.1, 0.15) is 22.3 Å². The number of nitrogens with zero attached hydrogens (tertiary/aromatic N) is 6. The fourth-order valence-electron chi connectivity index (χ4n) is 3.28. The molecule has 9 heteroatoms. The Kier molecular flexibility index (Phi) is 5.66. The van der Waals surface area contributed by atoms with E-state index in [2.05, 4.69) is 24.5 Å². The first-order chi connectivity index (χ1) is 14.2. The predicted octanol–water partition coefficient (Wildman–Crippen LogP) is 2.66. The summed E-state index contributed by atoms with van der Waals surface area (Å²) in [6, 6.07) is 9.88. The van der Waals surface area contributed by atoms with Gasteiger partial charge in [0, 0.05) is 37.8 Å². The standard InChI is InChI=1S/C20H22N6O2S/c1-3-28-16-6-4-15(5-7-16)17-12-18(22-13-21-17)25-8-10-26(11-9-25)20(27)19-14(2)23-24-29-19/h4-7,12-13H,3,8-11H2,1-2H3. The molecule has 1 aliphatic rings. The van der Waals surface area contributed by atoms with Gasteiger partial charge >= 0.3 is 0 Å². The number of amides is 1. The van der Waals surface area contributed by atoms with Gasteiger partial charge in [0.05, 0.1) is 18.0 Å². The second kappa shape index (κ2) is 8.52. The first kappa shape index (κ1) is 19.3. The Bertz CT molecular complexity index is 983. The third kappa shape index (κ3) is 4.19. The molecular weight excluding hydrogens is 388 g/mol. The molecule has 0 aliphatic carbocycles. The molecule has 8 nitrogen and oxygen atoms in total. The van der Waals surface area contributed by atoms with Gasteiger partial charge in [0.1, 0.15) is 22.8 Å². The lowest BCUT2D eigenvalue weighted by Crippen LogP contribution is -2.49. The molecule has 0 unspecified atom stereocenters. The molecule has 1 aliphatic heterocycles. The Labute approximate surface area is 173 Å². The summed E-state index contributed by atoms with van der Waals surface area (Å²) in [7, 11) is 0. The maximum absolute atomic E-state index is 12.6. The van der Waals surface area contributed by atoms with Gasteiger partial charge in [0.2, 0.25) is 0 Å². The van der Waals surface area contributed by atoms with Crippen LogP contribution < -0.4 is 9.64 Å². The summed E-state index contributed by atoms with van der Waals surface area (Å²) in [6.45, 7) is 7.14. The molecule has 0 saturated carbocycles.